The third-order valence-corrected chi connectivity index (χ3v) is 5.84. The third-order valence-electron chi connectivity index (χ3n) is 3.92. The summed E-state index contributed by atoms with van der Waals surface area (Å²) < 4.78 is 30.3. The number of rotatable bonds is 7. The monoisotopic (exact) mass is 351 g/mol. The van der Waals surface area contributed by atoms with Crippen molar-refractivity contribution in [3.05, 3.63) is 53.5 Å². The summed E-state index contributed by atoms with van der Waals surface area (Å²) in [5, 5.41) is 13.6. The van der Waals surface area contributed by atoms with Crippen LogP contribution in [0.25, 0.3) is 0 Å². The summed E-state index contributed by atoms with van der Waals surface area (Å²) in [5.74, 6) is 1.14. The van der Waals surface area contributed by atoms with Gasteiger partial charge in [-0.1, -0.05) is 17.7 Å². The second kappa shape index (κ2) is 7.09. The maximum absolute atomic E-state index is 12.4. The average Bonchev–Trinajstić information content (AvgIpc) is 2.93. The number of sulfone groups is 1. The fourth-order valence-electron chi connectivity index (χ4n) is 2.41. The highest BCUT2D eigenvalue weighted by atomic mass is 32.2. The molecular weight excluding hydrogens is 326 g/mol. The van der Waals surface area contributed by atoms with Crippen molar-refractivity contribution in [1.29, 1.82) is 0 Å². The first-order valence-corrected chi connectivity index (χ1v) is 9.57. The Labute approximate surface area is 143 Å². The number of aryl methyl sites for hydroxylation is 2. The van der Waals surface area contributed by atoms with Crippen molar-refractivity contribution >= 4 is 9.84 Å². The van der Waals surface area contributed by atoms with Crippen LogP contribution in [0.15, 0.2) is 45.7 Å². The van der Waals surface area contributed by atoms with Crippen LogP contribution in [0.3, 0.4) is 0 Å². The van der Waals surface area contributed by atoms with E-state index in [1.807, 2.05) is 13.8 Å². The Bertz CT molecular complexity index is 776. The zero-order valence-corrected chi connectivity index (χ0v) is 15.4. The van der Waals surface area contributed by atoms with Crippen LogP contribution >= 0.6 is 0 Å². The maximum Gasteiger partial charge on any atom is 0.179 e. The van der Waals surface area contributed by atoms with Gasteiger partial charge in [0.15, 0.2) is 9.84 Å². The predicted molar refractivity (Wildman–Crippen MR) is 93.7 cm³/mol. The van der Waals surface area contributed by atoms with E-state index < -0.39 is 15.4 Å². The highest BCUT2D eigenvalue weighted by Crippen LogP contribution is 2.22. The van der Waals surface area contributed by atoms with E-state index in [4.69, 9.17) is 4.42 Å². The molecule has 0 bridgehead atoms. The lowest BCUT2D eigenvalue weighted by Gasteiger charge is -2.24. The number of nitrogens with one attached hydrogen (secondary N) is 1. The van der Waals surface area contributed by atoms with E-state index in [0.29, 0.717) is 10.7 Å². The minimum absolute atomic E-state index is 0.0384. The highest BCUT2D eigenvalue weighted by Gasteiger charge is 2.28. The molecule has 1 heterocycles. The van der Waals surface area contributed by atoms with Crippen molar-refractivity contribution < 1.29 is 17.9 Å². The molecule has 0 aliphatic heterocycles. The molecule has 24 heavy (non-hydrogen) atoms. The van der Waals surface area contributed by atoms with Crippen LogP contribution in [0.5, 0.6) is 0 Å². The topological polar surface area (TPSA) is 79.5 Å². The molecule has 6 heteroatoms. The van der Waals surface area contributed by atoms with Gasteiger partial charge in [-0.3, -0.25) is 0 Å². The van der Waals surface area contributed by atoms with Crippen molar-refractivity contribution in [3.63, 3.8) is 0 Å². The zero-order valence-electron chi connectivity index (χ0n) is 14.5. The van der Waals surface area contributed by atoms with Crippen molar-refractivity contribution in [1.82, 2.24) is 5.32 Å². The first-order chi connectivity index (χ1) is 11.1. The number of furan rings is 1. The van der Waals surface area contributed by atoms with E-state index in [9.17, 15) is 13.5 Å². The molecule has 2 N–H and O–H groups in total. The van der Waals surface area contributed by atoms with Crippen LogP contribution in [0, 0.1) is 13.8 Å². The Hall–Kier alpha value is -1.63. The minimum atomic E-state index is -3.37. The summed E-state index contributed by atoms with van der Waals surface area (Å²) >= 11 is 0. The molecule has 0 fully saturated rings. The number of hydrogen-bond acceptors (Lipinski definition) is 5. The molecule has 0 aliphatic carbocycles. The van der Waals surface area contributed by atoms with Gasteiger partial charge in [-0.05, 0) is 52.0 Å². The Morgan fingerprint density at radius 2 is 1.79 bits per heavy atom. The molecule has 0 amide bonds. The van der Waals surface area contributed by atoms with Gasteiger partial charge in [0.2, 0.25) is 0 Å². The molecule has 0 saturated heterocycles. The fourth-order valence-corrected chi connectivity index (χ4v) is 3.93. The molecule has 2 rings (SSSR count). The lowest BCUT2D eigenvalue weighted by Crippen LogP contribution is -2.42. The van der Waals surface area contributed by atoms with Gasteiger partial charge in [-0.15, -0.1) is 0 Å². The van der Waals surface area contributed by atoms with Crippen LogP contribution in [-0.2, 0) is 15.4 Å². The Balaban J connectivity index is 1.97. The molecule has 132 valence electrons. The van der Waals surface area contributed by atoms with E-state index >= 15 is 0 Å². The van der Waals surface area contributed by atoms with E-state index in [1.165, 1.54) is 0 Å². The number of benzene rings is 1. The van der Waals surface area contributed by atoms with Crippen molar-refractivity contribution in [3.8, 4) is 0 Å². The van der Waals surface area contributed by atoms with E-state index in [1.54, 1.807) is 50.2 Å². The molecule has 2 atom stereocenters. The van der Waals surface area contributed by atoms with E-state index in [-0.39, 0.29) is 18.3 Å². The molecular formula is C18H25NO4S. The van der Waals surface area contributed by atoms with E-state index in [2.05, 4.69) is 5.32 Å². The zero-order chi connectivity index (χ0) is 18.0. The van der Waals surface area contributed by atoms with Gasteiger partial charge >= 0.3 is 0 Å². The summed E-state index contributed by atoms with van der Waals surface area (Å²) in [7, 11) is -3.37. The van der Waals surface area contributed by atoms with Crippen LogP contribution < -0.4 is 5.32 Å². The predicted octanol–water partition coefficient (Wildman–Crippen LogP) is 2.56. The maximum atomic E-state index is 12.4. The van der Waals surface area contributed by atoms with Gasteiger partial charge < -0.3 is 14.8 Å². The van der Waals surface area contributed by atoms with Crippen LogP contribution in [-0.4, -0.2) is 31.9 Å². The second-order valence-electron chi connectivity index (χ2n) is 6.56. The molecule has 0 radical (unpaired) electrons. The number of aliphatic hydroxyl groups is 1. The Kier molecular flexibility index (Phi) is 5.52. The molecule has 2 aromatic rings. The van der Waals surface area contributed by atoms with Gasteiger partial charge in [0, 0.05) is 12.6 Å². The van der Waals surface area contributed by atoms with Gasteiger partial charge in [-0.25, -0.2) is 8.42 Å². The summed E-state index contributed by atoms with van der Waals surface area (Å²) in [6.45, 7) is 7.35. The van der Waals surface area contributed by atoms with Crippen LogP contribution in [0.1, 0.15) is 30.9 Å². The van der Waals surface area contributed by atoms with Crippen LogP contribution in [0.4, 0.5) is 0 Å². The normalized spacial score (nSPS) is 15.9. The molecule has 1 aromatic carbocycles. The van der Waals surface area contributed by atoms with Crippen LogP contribution in [0.2, 0.25) is 0 Å². The molecule has 0 aliphatic rings. The quantitative estimate of drug-likeness (QED) is 0.801. The highest BCUT2D eigenvalue weighted by molar-refractivity contribution is 7.91. The van der Waals surface area contributed by atoms with Gasteiger partial charge in [0.05, 0.1) is 10.6 Å². The van der Waals surface area contributed by atoms with Crippen molar-refractivity contribution in [2.45, 2.75) is 44.2 Å². The SMILES string of the molecule is Cc1ccc(S(=O)(=O)C[C@H](C)NC[C@@](C)(O)c2ccc(C)o2)cc1. The molecule has 0 spiro atoms. The lowest BCUT2D eigenvalue weighted by molar-refractivity contribution is 0.0319. The van der Waals surface area contributed by atoms with Gasteiger partial charge in [0.1, 0.15) is 17.1 Å². The molecule has 0 saturated carbocycles. The second-order valence-corrected chi connectivity index (χ2v) is 8.59. The first-order valence-electron chi connectivity index (χ1n) is 7.92. The fraction of sp³-hybridized carbons (Fsp3) is 0.444. The Morgan fingerprint density at radius 3 is 2.33 bits per heavy atom. The van der Waals surface area contributed by atoms with Gasteiger partial charge in [0.25, 0.3) is 0 Å². The first kappa shape index (κ1) is 18.7. The van der Waals surface area contributed by atoms with E-state index in [0.717, 1.165) is 11.3 Å². The third kappa shape index (κ3) is 4.69. The average molecular weight is 351 g/mol. The smallest absolute Gasteiger partial charge is 0.179 e. The molecule has 0 unspecified atom stereocenters. The summed E-state index contributed by atoms with van der Waals surface area (Å²) in [4.78, 5) is 0.315. The largest absolute Gasteiger partial charge is 0.463 e. The summed E-state index contributed by atoms with van der Waals surface area (Å²) in [5.41, 5.74) is -0.180. The summed E-state index contributed by atoms with van der Waals surface area (Å²) in [6, 6.07) is 10.0. The summed E-state index contributed by atoms with van der Waals surface area (Å²) in [6.07, 6.45) is 0. The molecule has 5 nitrogen and oxygen atoms in total. The minimum Gasteiger partial charge on any atom is -0.463 e. The molecule has 1 aromatic heterocycles. The van der Waals surface area contributed by atoms with Crippen molar-refractivity contribution in [2.24, 2.45) is 0 Å². The lowest BCUT2D eigenvalue weighted by atomic mass is 10.0. The Morgan fingerprint density at radius 1 is 1.17 bits per heavy atom. The van der Waals surface area contributed by atoms with Gasteiger partial charge in [-0.2, -0.15) is 0 Å². The van der Waals surface area contributed by atoms with Crippen molar-refractivity contribution in [2.75, 3.05) is 12.3 Å². The standard InChI is InChI=1S/C18H25NO4S/c1-13-5-8-16(9-6-13)24(21,22)11-14(2)19-12-18(4,20)17-10-7-15(3)23-17/h5-10,14,19-20H,11-12H2,1-4H3/t14-,18+/m0/s1. The number of hydrogen-bond donors (Lipinski definition) is 2.